The summed E-state index contributed by atoms with van der Waals surface area (Å²) in [5.74, 6) is 1.46. The van der Waals surface area contributed by atoms with Gasteiger partial charge in [0.1, 0.15) is 17.1 Å². The van der Waals surface area contributed by atoms with Gasteiger partial charge in [0.2, 0.25) is 5.88 Å². The molecule has 0 unspecified atom stereocenters. The molecule has 0 saturated carbocycles. The van der Waals surface area contributed by atoms with Crippen LogP contribution in [0.15, 0.2) is 60.9 Å². The number of aromatic nitrogens is 4. The van der Waals surface area contributed by atoms with Crippen molar-refractivity contribution in [2.45, 2.75) is 13.5 Å². The Morgan fingerprint density at radius 3 is 2.57 bits per heavy atom. The molecule has 0 N–H and O–H groups in total. The smallest absolute Gasteiger partial charge is 0.337 e. The van der Waals surface area contributed by atoms with Gasteiger partial charge in [0.25, 0.3) is 0 Å². The standard InChI is InChI=1S/C21H18N4O3/c1-3-25-19(15-5-4-12-22-13-15)23-17-10-11-18(24-20(17)25)28-16-8-6-14(7-9-16)21(26)27-2/h4-13H,3H2,1-2H3. The number of rotatable bonds is 5. The van der Waals surface area contributed by atoms with Crippen molar-refractivity contribution >= 4 is 17.1 Å². The number of imidazole rings is 1. The maximum atomic E-state index is 11.5. The number of fused-ring (bicyclic) bond motifs is 1. The lowest BCUT2D eigenvalue weighted by atomic mass is 10.2. The Hall–Kier alpha value is -3.74. The quantitative estimate of drug-likeness (QED) is 0.490. The molecule has 0 spiro atoms. The number of carbonyl (C=O) groups is 1. The summed E-state index contributed by atoms with van der Waals surface area (Å²) in [6.07, 6.45) is 3.52. The predicted octanol–water partition coefficient (Wildman–Crippen LogP) is 4.09. The maximum Gasteiger partial charge on any atom is 0.337 e. The highest BCUT2D eigenvalue weighted by Crippen LogP contribution is 2.27. The summed E-state index contributed by atoms with van der Waals surface area (Å²) in [5.41, 5.74) is 2.92. The Morgan fingerprint density at radius 2 is 1.89 bits per heavy atom. The summed E-state index contributed by atoms with van der Waals surface area (Å²) < 4.78 is 12.6. The molecule has 28 heavy (non-hydrogen) atoms. The summed E-state index contributed by atoms with van der Waals surface area (Å²) in [4.78, 5) is 25.0. The molecular weight excluding hydrogens is 356 g/mol. The molecule has 7 heteroatoms. The summed E-state index contributed by atoms with van der Waals surface area (Å²) in [6.45, 7) is 2.76. The van der Waals surface area contributed by atoms with Crippen LogP contribution in [0.2, 0.25) is 0 Å². The van der Waals surface area contributed by atoms with Crippen LogP contribution in [0.3, 0.4) is 0 Å². The zero-order valence-electron chi connectivity index (χ0n) is 15.5. The highest BCUT2D eigenvalue weighted by molar-refractivity contribution is 5.89. The van der Waals surface area contributed by atoms with Crippen LogP contribution >= 0.6 is 0 Å². The number of ether oxygens (including phenoxy) is 2. The largest absolute Gasteiger partial charge is 0.465 e. The molecule has 0 saturated heterocycles. The van der Waals surface area contributed by atoms with Gasteiger partial charge in [-0.25, -0.2) is 9.78 Å². The Labute approximate surface area is 161 Å². The van der Waals surface area contributed by atoms with Crippen molar-refractivity contribution < 1.29 is 14.3 Å². The molecule has 0 atom stereocenters. The van der Waals surface area contributed by atoms with Crippen LogP contribution in [0.5, 0.6) is 11.6 Å². The van der Waals surface area contributed by atoms with Crippen molar-refractivity contribution in [1.29, 1.82) is 0 Å². The third kappa shape index (κ3) is 3.29. The highest BCUT2D eigenvalue weighted by Gasteiger charge is 2.14. The van der Waals surface area contributed by atoms with Gasteiger partial charge < -0.3 is 14.0 Å². The second-order valence-corrected chi connectivity index (χ2v) is 6.03. The van der Waals surface area contributed by atoms with E-state index < -0.39 is 0 Å². The molecule has 0 amide bonds. The first-order valence-corrected chi connectivity index (χ1v) is 8.83. The summed E-state index contributed by atoms with van der Waals surface area (Å²) in [5, 5.41) is 0. The van der Waals surface area contributed by atoms with Crippen molar-refractivity contribution in [3.63, 3.8) is 0 Å². The van der Waals surface area contributed by atoms with Crippen LogP contribution in [-0.4, -0.2) is 32.6 Å². The zero-order chi connectivity index (χ0) is 19.5. The fourth-order valence-electron chi connectivity index (χ4n) is 2.95. The Balaban J connectivity index is 1.67. The first-order valence-electron chi connectivity index (χ1n) is 8.83. The minimum Gasteiger partial charge on any atom is -0.465 e. The molecule has 0 fully saturated rings. The number of hydrogen-bond donors (Lipinski definition) is 0. The van der Waals surface area contributed by atoms with Crippen LogP contribution in [-0.2, 0) is 11.3 Å². The van der Waals surface area contributed by atoms with Gasteiger partial charge in [0.15, 0.2) is 5.65 Å². The molecular formula is C21H18N4O3. The van der Waals surface area contributed by atoms with E-state index in [9.17, 15) is 4.79 Å². The number of methoxy groups -OCH3 is 1. The lowest BCUT2D eigenvalue weighted by molar-refractivity contribution is 0.0600. The van der Waals surface area contributed by atoms with E-state index in [1.807, 2.05) is 29.7 Å². The second kappa shape index (κ2) is 7.48. The van der Waals surface area contributed by atoms with Gasteiger partial charge in [-0.05, 0) is 49.4 Å². The number of aryl methyl sites for hydroxylation is 1. The van der Waals surface area contributed by atoms with Crippen molar-refractivity contribution in [3.8, 4) is 23.0 Å². The fourth-order valence-corrected chi connectivity index (χ4v) is 2.95. The van der Waals surface area contributed by atoms with Crippen molar-refractivity contribution in [2.24, 2.45) is 0 Å². The number of hydrogen-bond acceptors (Lipinski definition) is 6. The molecule has 7 nitrogen and oxygen atoms in total. The van der Waals surface area contributed by atoms with E-state index in [1.54, 1.807) is 42.7 Å². The number of benzene rings is 1. The van der Waals surface area contributed by atoms with Gasteiger partial charge in [-0.3, -0.25) is 4.98 Å². The molecule has 3 aromatic heterocycles. The zero-order valence-corrected chi connectivity index (χ0v) is 15.5. The van der Waals surface area contributed by atoms with Gasteiger partial charge in [0, 0.05) is 30.6 Å². The summed E-state index contributed by atoms with van der Waals surface area (Å²) >= 11 is 0. The topological polar surface area (TPSA) is 79.1 Å². The maximum absolute atomic E-state index is 11.5. The van der Waals surface area contributed by atoms with Crippen LogP contribution in [0, 0.1) is 0 Å². The average Bonchev–Trinajstić information content (AvgIpc) is 3.12. The highest BCUT2D eigenvalue weighted by atomic mass is 16.5. The normalized spacial score (nSPS) is 10.8. The second-order valence-electron chi connectivity index (χ2n) is 6.03. The Kier molecular flexibility index (Phi) is 4.72. The first kappa shape index (κ1) is 17.7. The van der Waals surface area contributed by atoms with Crippen molar-refractivity contribution in [1.82, 2.24) is 19.5 Å². The number of nitrogens with zero attached hydrogens (tertiary/aromatic N) is 4. The lowest BCUT2D eigenvalue weighted by Crippen LogP contribution is -2.01. The van der Waals surface area contributed by atoms with Crippen molar-refractivity contribution in [3.05, 3.63) is 66.5 Å². The number of pyridine rings is 2. The molecule has 4 aromatic rings. The van der Waals surface area contributed by atoms with Gasteiger partial charge >= 0.3 is 5.97 Å². The van der Waals surface area contributed by atoms with Crippen LogP contribution < -0.4 is 4.74 Å². The number of esters is 1. The average molecular weight is 374 g/mol. The van der Waals surface area contributed by atoms with E-state index in [2.05, 4.69) is 9.97 Å². The monoisotopic (exact) mass is 374 g/mol. The van der Waals surface area contributed by atoms with Gasteiger partial charge in [0.05, 0.1) is 12.7 Å². The molecule has 1 aromatic carbocycles. The van der Waals surface area contributed by atoms with Crippen LogP contribution in [0.4, 0.5) is 0 Å². The van der Waals surface area contributed by atoms with Crippen LogP contribution in [0.1, 0.15) is 17.3 Å². The van der Waals surface area contributed by atoms with E-state index in [4.69, 9.17) is 14.5 Å². The minimum absolute atomic E-state index is 0.388. The molecule has 3 heterocycles. The van der Waals surface area contributed by atoms with Gasteiger partial charge in [-0.1, -0.05) is 0 Å². The fraction of sp³-hybridized carbons (Fsp3) is 0.143. The Bertz CT molecular complexity index is 1120. The minimum atomic E-state index is -0.388. The van der Waals surface area contributed by atoms with E-state index >= 15 is 0 Å². The first-order chi connectivity index (χ1) is 13.7. The third-order valence-corrected chi connectivity index (χ3v) is 4.30. The molecule has 0 radical (unpaired) electrons. The molecule has 140 valence electrons. The lowest BCUT2D eigenvalue weighted by Gasteiger charge is -2.07. The SMILES string of the molecule is CCn1c(-c2cccnc2)nc2ccc(Oc3ccc(C(=O)OC)cc3)nc21. The van der Waals surface area contributed by atoms with E-state index in [0.29, 0.717) is 23.7 Å². The molecule has 4 rings (SSSR count). The molecule has 0 bridgehead atoms. The van der Waals surface area contributed by atoms with Gasteiger partial charge in [-0.2, -0.15) is 4.98 Å². The summed E-state index contributed by atoms with van der Waals surface area (Å²) in [6, 6.07) is 14.2. The molecule has 0 aliphatic carbocycles. The van der Waals surface area contributed by atoms with E-state index in [1.165, 1.54) is 7.11 Å². The Morgan fingerprint density at radius 1 is 1.07 bits per heavy atom. The van der Waals surface area contributed by atoms with E-state index in [0.717, 1.165) is 22.6 Å². The van der Waals surface area contributed by atoms with Gasteiger partial charge in [-0.15, -0.1) is 0 Å². The predicted molar refractivity (Wildman–Crippen MR) is 104 cm³/mol. The molecule has 0 aliphatic heterocycles. The van der Waals surface area contributed by atoms with E-state index in [-0.39, 0.29) is 5.97 Å². The summed E-state index contributed by atoms with van der Waals surface area (Å²) in [7, 11) is 1.35. The van der Waals surface area contributed by atoms with Crippen LogP contribution in [0.25, 0.3) is 22.6 Å². The number of carbonyl (C=O) groups excluding carboxylic acids is 1. The molecule has 0 aliphatic rings. The third-order valence-electron chi connectivity index (χ3n) is 4.30. The van der Waals surface area contributed by atoms with Crippen molar-refractivity contribution in [2.75, 3.05) is 7.11 Å².